The number of benzene rings is 1. The molecule has 0 aliphatic carbocycles. The normalized spacial score (nSPS) is 11.9. The molecule has 0 aliphatic rings. The number of hydrogen-bond acceptors (Lipinski definition) is 2. The summed E-state index contributed by atoms with van der Waals surface area (Å²) in [4.78, 5) is 26.8. The van der Waals surface area contributed by atoms with Crippen LogP contribution >= 0.6 is 0 Å². The van der Waals surface area contributed by atoms with Gasteiger partial charge in [0.2, 0.25) is 0 Å². The molecule has 2 amide bonds. The molecule has 1 atom stereocenters. The lowest BCUT2D eigenvalue weighted by Crippen LogP contribution is -3.11. The first kappa shape index (κ1) is 18.2. The average molecular weight is 306 g/mol. The van der Waals surface area contributed by atoms with E-state index in [0.29, 0.717) is 19.6 Å². The number of carbonyl (C=O) groups is 2. The van der Waals surface area contributed by atoms with Crippen molar-refractivity contribution in [2.75, 3.05) is 38.5 Å². The SMILES string of the molecule is CCN(CC)C(=O)C[NH+](C)CC(=O)Nc1ccc(C)cc1C. The van der Waals surface area contributed by atoms with Crippen molar-refractivity contribution in [1.29, 1.82) is 0 Å². The van der Waals surface area contributed by atoms with Gasteiger partial charge in [-0.3, -0.25) is 9.59 Å². The van der Waals surface area contributed by atoms with E-state index in [-0.39, 0.29) is 18.4 Å². The van der Waals surface area contributed by atoms with Crippen LogP contribution in [-0.2, 0) is 9.59 Å². The highest BCUT2D eigenvalue weighted by Crippen LogP contribution is 2.15. The van der Waals surface area contributed by atoms with E-state index in [0.717, 1.165) is 16.2 Å². The molecular formula is C17H28N3O2+. The maximum Gasteiger partial charge on any atom is 0.279 e. The zero-order valence-corrected chi connectivity index (χ0v) is 14.3. The van der Waals surface area contributed by atoms with Crippen molar-refractivity contribution < 1.29 is 14.5 Å². The van der Waals surface area contributed by atoms with Crippen molar-refractivity contribution in [2.24, 2.45) is 0 Å². The summed E-state index contributed by atoms with van der Waals surface area (Å²) in [5, 5.41) is 2.91. The highest BCUT2D eigenvalue weighted by molar-refractivity contribution is 5.92. The van der Waals surface area contributed by atoms with Crippen molar-refractivity contribution >= 4 is 17.5 Å². The van der Waals surface area contributed by atoms with Crippen LogP contribution in [0.3, 0.4) is 0 Å². The van der Waals surface area contributed by atoms with E-state index in [2.05, 4.69) is 5.32 Å². The van der Waals surface area contributed by atoms with Crippen LogP contribution in [0, 0.1) is 13.8 Å². The first-order valence-electron chi connectivity index (χ1n) is 7.83. The van der Waals surface area contributed by atoms with E-state index in [9.17, 15) is 9.59 Å². The van der Waals surface area contributed by atoms with Crippen LogP contribution in [0.25, 0.3) is 0 Å². The summed E-state index contributed by atoms with van der Waals surface area (Å²) in [5.74, 6) is 0.0126. The first-order chi connectivity index (χ1) is 10.4. The Labute approximate surface area is 133 Å². The van der Waals surface area contributed by atoms with Crippen LogP contribution in [0.1, 0.15) is 25.0 Å². The Bertz CT molecular complexity index is 525. The zero-order valence-electron chi connectivity index (χ0n) is 14.3. The molecule has 0 radical (unpaired) electrons. The highest BCUT2D eigenvalue weighted by atomic mass is 16.2. The van der Waals surface area contributed by atoms with Crippen LogP contribution < -0.4 is 10.2 Å². The third-order valence-electron chi connectivity index (χ3n) is 3.69. The topological polar surface area (TPSA) is 53.9 Å². The third kappa shape index (κ3) is 5.48. The molecular weight excluding hydrogens is 278 g/mol. The maximum absolute atomic E-state index is 12.1. The molecule has 5 nitrogen and oxygen atoms in total. The molecule has 0 saturated heterocycles. The molecule has 1 rings (SSSR count). The molecule has 0 heterocycles. The largest absolute Gasteiger partial charge is 0.338 e. The lowest BCUT2D eigenvalue weighted by Gasteiger charge is -2.21. The fourth-order valence-corrected chi connectivity index (χ4v) is 2.43. The molecule has 0 aliphatic heterocycles. The Balaban J connectivity index is 2.52. The summed E-state index contributed by atoms with van der Waals surface area (Å²) >= 11 is 0. The second kappa shape index (κ2) is 8.54. The molecule has 22 heavy (non-hydrogen) atoms. The van der Waals surface area contributed by atoms with Crippen molar-refractivity contribution in [1.82, 2.24) is 4.90 Å². The molecule has 122 valence electrons. The van der Waals surface area contributed by atoms with Crippen molar-refractivity contribution in [3.05, 3.63) is 29.3 Å². The van der Waals surface area contributed by atoms with Gasteiger partial charge in [-0.25, -0.2) is 0 Å². The summed E-state index contributed by atoms with van der Waals surface area (Å²) < 4.78 is 0. The molecule has 1 unspecified atom stereocenters. The number of quaternary nitrogens is 1. The third-order valence-corrected chi connectivity index (χ3v) is 3.69. The van der Waals surface area contributed by atoms with Crippen LogP contribution in [0.5, 0.6) is 0 Å². The Kier molecular flexibility index (Phi) is 7.05. The van der Waals surface area contributed by atoms with Gasteiger partial charge >= 0.3 is 0 Å². The number of nitrogens with zero attached hydrogens (tertiary/aromatic N) is 1. The molecule has 1 aromatic carbocycles. The summed E-state index contributed by atoms with van der Waals surface area (Å²) in [6.07, 6.45) is 0. The maximum atomic E-state index is 12.1. The highest BCUT2D eigenvalue weighted by Gasteiger charge is 2.18. The van der Waals surface area contributed by atoms with Crippen LogP contribution in [-0.4, -0.2) is 49.9 Å². The predicted octanol–water partition coefficient (Wildman–Crippen LogP) is 0.625. The number of carbonyl (C=O) groups excluding carboxylic acids is 2. The van der Waals surface area contributed by atoms with Crippen molar-refractivity contribution in [2.45, 2.75) is 27.7 Å². The summed E-state index contributed by atoms with van der Waals surface area (Å²) in [7, 11) is 1.86. The lowest BCUT2D eigenvalue weighted by atomic mass is 10.1. The summed E-state index contributed by atoms with van der Waals surface area (Å²) in [6, 6.07) is 5.93. The second-order valence-corrected chi connectivity index (χ2v) is 5.74. The molecule has 2 N–H and O–H groups in total. The van der Waals surface area contributed by atoms with E-state index >= 15 is 0 Å². The molecule has 0 fully saturated rings. The smallest absolute Gasteiger partial charge is 0.279 e. The number of amides is 2. The monoisotopic (exact) mass is 306 g/mol. The van der Waals surface area contributed by atoms with Gasteiger partial charge in [-0.05, 0) is 39.3 Å². The molecule has 1 aromatic rings. The Morgan fingerprint density at radius 2 is 1.77 bits per heavy atom. The van der Waals surface area contributed by atoms with E-state index in [1.165, 1.54) is 5.56 Å². The fourth-order valence-electron chi connectivity index (χ4n) is 2.43. The molecule has 5 heteroatoms. The molecule has 0 saturated carbocycles. The molecule has 0 aromatic heterocycles. The minimum Gasteiger partial charge on any atom is -0.338 e. The Morgan fingerprint density at radius 1 is 1.14 bits per heavy atom. The van der Waals surface area contributed by atoms with Crippen LogP contribution in [0.4, 0.5) is 5.69 Å². The fraction of sp³-hybridized carbons (Fsp3) is 0.529. The minimum absolute atomic E-state index is 0.0724. The van der Waals surface area contributed by atoms with E-state index in [1.54, 1.807) is 4.90 Å². The minimum atomic E-state index is -0.0724. The van der Waals surface area contributed by atoms with Crippen molar-refractivity contribution in [3.63, 3.8) is 0 Å². The molecule has 0 bridgehead atoms. The van der Waals surface area contributed by atoms with Crippen LogP contribution in [0.2, 0.25) is 0 Å². The Hall–Kier alpha value is -1.88. The lowest BCUT2D eigenvalue weighted by molar-refractivity contribution is -0.862. The number of anilines is 1. The van der Waals surface area contributed by atoms with E-state index < -0.39 is 0 Å². The van der Waals surface area contributed by atoms with Gasteiger partial charge in [0.15, 0.2) is 13.1 Å². The Morgan fingerprint density at radius 3 is 2.32 bits per heavy atom. The number of aryl methyl sites for hydroxylation is 2. The zero-order chi connectivity index (χ0) is 16.7. The van der Waals surface area contributed by atoms with E-state index in [1.807, 2.05) is 52.9 Å². The number of likely N-dealkylation sites (N-methyl/N-ethyl adjacent to an activating group) is 2. The van der Waals surface area contributed by atoms with Gasteiger partial charge in [-0.1, -0.05) is 17.7 Å². The van der Waals surface area contributed by atoms with Crippen LogP contribution in [0.15, 0.2) is 18.2 Å². The van der Waals surface area contributed by atoms with Gasteiger partial charge in [0.25, 0.3) is 11.8 Å². The predicted molar refractivity (Wildman–Crippen MR) is 89.1 cm³/mol. The quantitative estimate of drug-likeness (QED) is 0.776. The number of nitrogens with one attached hydrogen (secondary N) is 2. The standard InChI is InChI=1S/C17H27N3O2/c1-6-20(7-2)17(22)12-19(5)11-16(21)18-15-9-8-13(3)10-14(15)4/h8-10H,6-7,11-12H2,1-5H3,(H,18,21)/p+1. The second-order valence-electron chi connectivity index (χ2n) is 5.74. The number of rotatable bonds is 7. The van der Waals surface area contributed by atoms with Gasteiger partial charge in [0.05, 0.1) is 7.05 Å². The molecule has 0 spiro atoms. The van der Waals surface area contributed by atoms with Gasteiger partial charge in [0.1, 0.15) is 0 Å². The van der Waals surface area contributed by atoms with Gasteiger partial charge in [-0.2, -0.15) is 0 Å². The summed E-state index contributed by atoms with van der Waals surface area (Å²) in [6.45, 7) is 9.95. The van der Waals surface area contributed by atoms with Gasteiger partial charge in [-0.15, -0.1) is 0 Å². The summed E-state index contributed by atoms with van der Waals surface area (Å²) in [5.41, 5.74) is 3.05. The van der Waals surface area contributed by atoms with E-state index in [4.69, 9.17) is 0 Å². The van der Waals surface area contributed by atoms with Gasteiger partial charge < -0.3 is 15.1 Å². The first-order valence-corrected chi connectivity index (χ1v) is 7.83. The van der Waals surface area contributed by atoms with Crippen molar-refractivity contribution in [3.8, 4) is 0 Å². The average Bonchev–Trinajstić information content (AvgIpc) is 2.43. The van der Waals surface area contributed by atoms with Gasteiger partial charge in [0, 0.05) is 18.8 Å². The number of hydrogen-bond donors (Lipinski definition) is 2.